The molecule has 39 heavy (non-hydrogen) atoms. The summed E-state index contributed by atoms with van der Waals surface area (Å²) in [6, 6.07) is 9.36. The van der Waals surface area contributed by atoms with Crippen LogP contribution in [-0.2, 0) is 16.1 Å². The molecule has 5 rings (SSSR count). The number of hydrogen-bond acceptors (Lipinski definition) is 7. The molecule has 12 heteroatoms. The Morgan fingerprint density at radius 1 is 1.28 bits per heavy atom. The van der Waals surface area contributed by atoms with Gasteiger partial charge in [-0.25, -0.2) is 23.2 Å². The number of carbonyl (C=O) groups is 1. The summed E-state index contributed by atoms with van der Waals surface area (Å²) in [5.41, 5.74) is 3.15. The van der Waals surface area contributed by atoms with Crippen LogP contribution in [0.4, 0.5) is 13.6 Å². The van der Waals surface area contributed by atoms with E-state index in [9.17, 15) is 13.6 Å². The van der Waals surface area contributed by atoms with Crippen LogP contribution < -0.4 is 15.4 Å². The van der Waals surface area contributed by atoms with Crippen molar-refractivity contribution in [1.29, 1.82) is 0 Å². The van der Waals surface area contributed by atoms with Crippen molar-refractivity contribution in [2.24, 2.45) is 0 Å². The van der Waals surface area contributed by atoms with Crippen LogP contribution in [0.1, 0.15) is 29.8 Å². The number of ether oxygens (including phenoxy) is 3. The van der Waals surface area contributed by atoms with Gasteiger partial charge in [0.1, 0.15) is 30.3 Å². The SMILES string of the molecule is Cc1cc(-n2cc(F)cn2)c2cccc(OCc3c(Cl)cc(F)cc3[C@H](C)NCOC[C@@H]3COC(=O)N3)c2n1. The quantitative estimate of drug-likeness (QED) is 0.210. The molecule has 0 bridgehead atoms. The highest BCUT2D eigenvalue weighted by molar-refractivity contribution is 6.31. The number of pyridine rings is 1. The van der Waals surface area contributed by atoms with Crippen molar-refractivity contribution in [3.63, 3.8) is 0 Å². The molecule has 9 nitrogen and oxygen atoms in total. The topological polar surface area (TPSA) is 99.5 Å². The van der Waals surface area contributed by atoms with Gasteiger partial charge in [0.05, 0.1) is 42.5 Å². The molecule has 1 saturated heterocycles. The van der Waals surface area contributed by atoms with Crippen molar-refractivity contribution in [2.75, 3.05) is 19.9 Å². The first-order chi connectivity index (χ1) is 18.8. The number of fused-ring (bicyclic) bond motifs is 1. The zero-order chi connectivity index (χ0) is 27.5. The summed E-state index contributed by atoms with van der Waals surface area (Å²) in [6.07, 6.45) is 1.97. The minimum absolute atomic E-state index is 0.0488. The van der Waals surface area contributed by atoms with Crippen LogP contribution in [0.5, 0.6) is 5.75 Å². The van der Waals surface area contributed by atoms with E-state index in [1.165, 1.54) is 23.0 Å². The summed E-state index contributed by atoms with van der Waals surface area (Å²) >= 11 is 6.46. The van der Waals surface area contributed by atoms with Crippen LogP contribution >= 0.6 is 11.6 Å². The fraction of sp³-hybridized carbons (Fsp3) is 0.296. The van der Waals surface area contributed by atoms with Gasteiger partial charge >= 0.3 is 6.09 Å². The lowest BCUT2D eigenvalue weighted by Crippen LogP contribution is -2.33. The Morgan fingerprint density at radius 2 is 2.13 bits per heavy atom. The molecular weight excluding hydrogens is 532 g/mol. The number of nitrogens with one attached hydrogen (secondary N) is 2. The number of aromatic nitrogens is 3. The highest BCUT2D eigenvalue weighted by Crippen LogP contribution is 2.32. The van der Waals surface area contributed by atoms with Gasteiger partial charge < -0.3 is 19.5 Å². The third-order valence-corrected chi connectivity index (χ3v) is 6.63. The predicted molar refractivity (Wildman–Crippen MR) is 140 cm³/mol. The Balaban J connectivity index is 1.34. The van der Waals surface area contributed by atoms with Crippen molar-refractivity contribution >= 4 is 28.6 Å². The molecule has 0 radical (unpaired) electrons. The van der Waals surface area contributed by atoms with E-state index in [2.05, 4.69) is 20.7 Å². The third kappa shape index (κ3) is 6.11. The lowest BCUT2D eigenvalue weighted by atomic mass is 10.0. The zero-order valence-electron chi connectivity index (χ0n) is 21.2. The fourth-order valence-electron chi connectivity index (χ4n) is 4.39. The molecule has 204 valence electrons. The van der Waals surface area contributed by atoms with Gasteiger partial charge in [0.2, 0.25) is 0 Å². The summed E-state index contributed by atoms with van der Waals surface area (Å²) in [7, 11) is 0. The molecule has 0 spiro atoms. The molecule has 1 aliphatic heterocycles. The Morgan fingerprint density at radius 3 is 2.87 bits per heavy atom. The summed E-state index contributed by atoms with van der Waals surface area (Å²) in [5, 5.41) is 10.9. The van der Waals surface area contributed by atoms with Crippen LogP contribution in [-0.4, -0.2) is 46.8 Å². The van der Waals surface area contributed by atoms with Gasteiger partial charge in [0.15, 0.2) is 5.82 Å². The smallest absolute Gasteiger partial charge is 0.407 e. The molecule has 3 heterocycles. The van der Waals surface area contributed by atoms with Crippen molar-refractivity contribution in [3.8, 4) is 11.4 Å². The van der Waals surface area contributed by atoms with Crippen molar-refractivity contribution in [1.82, 2.24) is 25.4 Å². The third-order valence-electron chi connectivity index (χ3n) is 6.29. The summed E-state index contributed by atoms with van der Waals surface area (Å²) in [6.45, 7) is 4.41. The van der Waals surface area contributed by atoms with Gasteiger partial charge in [-0.05, 0) is 43.7 Å². The van der Waals surface area contributed by atoms with E-state index in [-0.39, 0.29) is 43.7 Å². The number of rotatable bonds is 10. The predicted octanol–water partition coefficient (Wildman–Crippen LogP) is 4.97. The Bertz CT molecular complexity index is 1520. The largest absolute Gasteiger partial charge is 0.487 e. The van der Waals surface area contributed by atoms with Crippen LogP contribution in [0.2, 0.25) is 5.02 Å². The zero-order valence-corrected chi connectivity index (χ0v) is 22.0. The van der Waals surface area contributed by atoms with E-state index in [0.29, 0.717) is 33.8 Å². The number of hydrogen-bond donors (Lipinski definition) is 2. The Hall–Kier alpha value is -3.80. The van der Waals surface area contributed by atoms with E-state index in [1.807, 2.05) is 32.0 Å². The summed E-state index contributed by atoms with van der Waals surface area (Å²) in [4.78, 5) is 15.8. The highest BCUT2D eigenvalue weighted by Gasteiger charge is 2.22. The van der Waals surface area contributed by atoms with Crippen molar-refractivity contribution in [3.05, 3.63) is 82.3 Å². The molecule has 2 aromatic heterocycles. The first-order valence-electron chi connectivity index (χ1n) is 12.2. The first kappa shape index (κ1) is 26.8. The maximum Gasteiger partial charge on any atom is 0.407 e. The lowest BCUT2D eigenvalue weighted by molar-refractivity contribution is 0.0900. The van der Waals surface area contributed by atoms with Gasteiger partial charge in [0.25, 0.3) is 0 Å². The van der Waals surface area contributed by atoms with Crippen LogP contribution in [0.3, 0.4) is 0 Å². The number of amides is 1. The molecule has 2 atom stereocenters. The van der Waals surface area contributed by atoms with Crippen LogP contribution in [0, 0.1) is 18.6 Å². The van der Waals surface area contributed by atoms with Crippen molar-refractivity contribution in [2.45, 2.75) is 32.5 Å². The van der Waals surface area contributed by atoms with Gasteiger partial charge in [0, 0.05) is 22.7 Å². The monoisotopic (exact) mass is 557 g/mol. The maximum atomic E-state index is 14.3. The first-order valence-corrected chi connectivity index (χ1v) is 12.6. The number of halogens is 3. The van der Waals surface area contributed by atoms with Gasteiger partial charge in [-0.15, -0.1) is 0 Å². The second-order valence-electron chi connectivity index (χ2n) is 9.16. The van der Waals surface area contributed by atoms with Gasteiger partial charge in [-0.2, -0.15) is 5.10 Å². The molecule has 2 N–H and O–H groups in total. The molecule has 1 fully saturated rings. The molecule has 1 amide bonds. The average molecular weight is 558 g/mol. The molecule has 1 aliphatic rings. The molecule has 0 unspecified atom stereocenters. The highest BCUT2D eigenvalue weighted by atomic mass is 35.5. The number of para-hydroxylation sites is 1. The number of carbonyl (C=O) groups excluding carboxylic acids is 1. The average Bonchev–Trinajstić information content (AvgIpc) is 3.52. The normalized spacial score (nSPS) is 15.8. The minimum atomic E-state index is -0.474. The lowest BCUT2D eigenvalue weighted by Gasteiger charge is -2.20. The maximum absolute atomic E-state index is 14.3. The number of cyclic esters (lactones) is 1. The van der Waals surface area contributed by atoms with E-state index < -0.39 is 17.7 Å². The summed E-state index contributed by atoms with van der Waals surface area (Å²) < 4.78 is 46.1. The van der Waals surface area contributed by atoms with Crippen LogP contribution in [0.25, 0.3) is 16.6 Å². The summed E-state index contributed by atoms with van der Waals surface area (Å²) in [5.74, 6) is -0.435. The Kier molecular flexibility index (Phi) is 7.92. The number of benzene rings is 2. The second-order valence-corrected chi connectivity index (χ2v) is 9.57. The van der Waals surface area contributed by atoms with E-state index in [4.69, 9.17) is 25.8 Å². The molecule has 0 aliphatic carbocycles. The van der Waals surface area contributed by atoms with Gasteiger partial charge in [-0.1, -0.05) is 23.7 Å². The molecule has 2 aromatic carbocycles. The van der Waals surface area contributed by atoms with Crippen molar-refractivity contribution < 1.29 is 27.8 Å². The second kappa shape index (κ2) is 11.5. The van der Waals surface area contributed by atoms with Crippen LogP contribution in [0.15, 0.2) is 48.8 Å². The molecule has 0 saturated carbocycles. The van der Waals surface area contributed by atoms with E-state index >= 15 is 0 Å². The van der Waals surface area contributed by atoms with E-state index in [1.54, 1.807) is 6.07 Å². The van der Waals surface area contributed by atoms with E-state index in [0.717, 1.165) is 11.6 Å². The molecular formula is C27H26ClF2N5O4. The number of nitrogens with zero attached hydrogens (tertiary/aromatic N) is 3. The van der Waals surface area contributed by atoms with Gasteiger partial charge in [-0.3, -0.25) is 5.32 Å². The molecule has 4 aromatic rings. The number of aryl methyl sites for hydroxylation is 1. The minimum Gasteiger partial charge on any atom is -0.487 e. The fourth-order valence-corrected chi connectivity index (χ4v) is 4.66. The standard InChI is InChI=1S/C27H26ClF2N5O4/c1-15-6-24(35-10-18(30)9-32-35)20-4-3-5-25(26(20)33-15)38-13-22-21(7-17(29)8-23(22)28)16(2)31-14-37-11-19-12-39-27(36)34-19/h3-10,16,19,31H,11-14H2,1-2H3,(H,34,36)/t16-,19+/m0/s1. The Labute approximate surface area is 228 Å². The number of alkyl carbamates (subject to hydrolysis) is 1.